The molecule has 16 heavy (non-hydrogen) atoms. The van der Waals surface area contributed by atoms with Crippen molar-refractivity contribution in [3.63, 3.8) is 0 Å². The van der Waals surface area contributed by atoms with Crippen LogP contribution in [-0.4, -0.2) is 9.97 Å². The Labute approximate surface area is 92.2 Å². The van der Waals surface area contributed by atoms with Crippen molar-refractivity contribution in [2.24, 2.45) is 0 Å². The molecule has 0 aliphatic rings. The van der Waals surface area contributed by atoms with Crippen molar-refractivity contribution < 1.29 is 4.39 Å². The summed E-state index contributed by atoms with van der Waals surface area (Å²) in [5.74, 6) is -0.260. The maximum absolute atomic E-state index is 12.7. The van der Waals surface area contributed by atoms with Gasteiger partial charge in [-0.15, -0.1) is 0 Å². The maximum Gasteiger partial charge on any atom is 0.144 e. The average Bonchev–Trinajstić information content (AvgIpc) is 2.32. The van der Waals surface area contributed by atoms with Gasteiger partial charge in [0, 0.05) is 12.1 Å². The van der Waals surface area contributed by atoms with Crippen LogP contribution in [0.15, 0.2) is 36.7 Å². The summed E-state index contributed by atoms with van der Waals surface area (Å²) in [4.78, 5) is 7.83. The first-order valence-corrected chi connectivity index (χ1v) is 4.73. The largest absolute Gasteiger partial charge is 0.241 e. The van der Waals surface area contributed by atoms with Crippen molar-refractivity contribution in [3.05, 3.63) is 59.4 Å². The predicted octanol–water partition coefficient (Wildman–Crippen LogP) is 2.08. The fraction of sp³-hybridized carbons (Fsp3) is 0.0833. The zero-order valence-electron chi connectivity index (χ0n) is 8.39. The number of hydrogen-bond donors (Lipinski definition) is 0. The Morgan fingerprint density at radius 1 is 1.19 bits per heavy atom. The van der Waals surface area contributed by atoms with E-state index >= 15 is 0 Å². The predicted molar refractivity (Wildman–Crippen MR) is 56.0 cm³/mol. The van der Waals surface area contributed by atoms with Crippen molar-refractivity contribution in [1.82, 2.24) is 9.97 Å². The molecule has 0 bridgehead atoms. The first kappa shape index (κ1) is 10.2. The van der Waals surface area contributed by atoms with E-state index in [9.17, 15) is 4.39 Å². The summed E-state index contributed by atoms with van der Waals surface area (Å²) in [6.45, 7) is 0. The van der Waals surface area contributed by atoms with Gasteiger partial charge in [0.15, 0.2) is 0 Å². The molecule has 0 saturated carbocycles. The molecule has 2 rings (SSSR count). The van der Waals surface area contributed by atoms with Crippen LogP contribution in [0.3, 0.4) is 0 Å². The minimum atomic E-state index is -0.260. The van der Waals surface area contributed by atoms with E-state index in [1.54, 1.807) is 18.2 Å². The van der Waals surface area contributed by atoms with Crippen molar-refractivity contribution in [1.29, 1.82) is 5.26 Å². The molecule has 0 spiro atoms. The highest BCUT2D eigenvalue weighted by atomic mass is 19.1. The number of halogens is 1. The third kappa shape index (κ3) is 2.39. The molecular weight excluding hydrogens is 205 g/mol. The molecule has 3 nitrogen and oxygen atoms in total. The van der Waals surface area contributed by atoms with E-state index in [2.05, 4.69) is 9.97 Å². The molecule has 2 aromatic rings. The molecule has 0 aliphatic heterocycles. The van der Waals surface area contributed by atoms with Crippen LogP contribution in [-0.2, 0) is 6.42 Å². The van der Waals surface area contributed by atoms with Gasteiger partial charge in [-0.2, -0.15) is 5.26 Å². The van der Waals surface area contributed by atoms with Crippen LogP contribution in [0.5, 0.6) is 0 Å². The average molecular weight is 213 g/mol. The zero-order valence-corrected chi connectivity index (χ0v) is 8.39. The van der Waals surface area contributed by atoms with Gasteiger partial charge >= 0.3 is 0 Å². The first-order chi connectivity index (χ1) is 7.78. The standard InChI is InChI=1S/C12H8FN3/c13-10-3-1-9(2-4-10)5-11-6-12(7-14)16-8-15-11/h1-4,6,8H,5H2. The van der Waals surface area contributed by atoms with Crippen molar-refractivity contribution >= 4 is 0 Å². The Hall–Kier alpha value is -2.28. The zero-order chi connectivity index (χ0) is 11.4. The maximum atomic E-state index is 12.7. The van der Waals surface area contributed by atoms with Crippen LogP contribution < -0.4 is 0 Å². The second kappa shape index (κ2) is 4.49. The Balaban J connectivity index is 2.21. The molecular formula is C12H8FN3. The number of rotatable bonds is 2. The van der Waals surface area contributed by atoms with Crippen LogP contribution in [0.2, 0.25) is 0 Å². The summed E-state index contributed by atoms with van der Waals surface area (Å²) in [6, 6.07) is 9.78. The molecule has 0 radical (unpaired) electrons. The molecule has 0 aliphatic carbocycles. The Bertz CT molecular complexity index is 529. The lowest BCUT2D eigenvalue weighted by atomic mass is 10.1. The molecule has 0 unspecified atom stereocenters. The molecule has 1 heterocycles. The van der Waals surface area contributed by atoms with E-state index in [0.29, 0.717) is 12.1 Å². The molecule has 1 aromatic heterocycles. The second-order valence-corrected chi connectivity index (χ2v) is 3.31. The summed E-state index contributed by atoms with van der Waals surface area (Å²) in [5, 5.41) is 8.67. The number of benzene rings is 1. The summed E-state index contributed by atoms with van der Waals surface area (Å²) in [7, 11) is 0. The van der Waals surface area contributed by atoms with Gasteiger partial charge in [-0.3, -0.25) is 0 Å². The molecule has 0 saturated heterocycles. The lowest BCUT2D eigenvalue weighted by Gasteiger charge is -2.00. The van der Waals surface area contributed by atoms with Crippen molar-refractivity contribution in [3.8, 4) is 6.07 Å². The summed E-state index contributed by atoms with van der Waals surface area (Å²) in [6.07, 6.45) is 1.93. The molecule has 0 N–H and O–H groups in total. The highest BCUT2D eigenvalue weighted by Gasteiger charge is 2.00. The Kier molecular flexibility index (Phi) is 2.88. The number of aromatic nitrogens is 2. The van der Waals surface area contributed by atoms with Gasteiger partial charge in [-0.25, -0.2) is 14.4 Å². The summed E-state index contributed by atoms with van der Waals surface area (Å²) in [5.41, 5.74) is 2.04. The van der Waals surface area contributed by atoms with Gasteiger partial charge in [-0.1, -0.05) is 12.1 Å². The van der Waals surface area contributed by atoms with Gasteiger partial charge < -0.3 is 0 Å². The van der Waals surface area contributed by atoms with E-state index in [1.165, 1.54) is 18.5 Å². The molecule has 0 amide bonds. The van der Waals surface area contributed by atoms with Crippen LogP contribution >= 0.6 is 0 Å². The van der Waals surface area contributed by atoms with Gasteiger partial charge in [-0.05, 0) is 23.8 Å². The quantitative estimate of drug-likeness (QED) is 0.767. The molecule has 1 aromatic carbocycles. The van der Waals surface area contributed by atoms with Gasteiger partial charge in [0.2, 0.25) is 0 Å². The third-order valence-electron chi connectivity index (χ3n) is 2.14. The Morgan fingerprint density at radius 3 is 2.62 bits per heavy atom. The number of hydrogen-bond acceptors (Lipinski definition) is 3. The first-order valence-electron chi connectivity index (χ1n) is 4.73. The van der Waals surface area contributed by atoms with Crippen LogP contribution in [0, 0.1) is 17.1 Å². The number of nitrogens with zero attached hydrogens (tertiary/aromatic N) is 3. The fourth-order valence-electron chi connectivity index (χ4n) is 1.37. The number of nitriles is 1. The highest BCUT2D eigenvalue weighted by Crippen LogP contribution is 2.08. The second-order valence-electron chi connectivity index (χ2n) is 3.31. The van der Waals surface area contributed by atoms with Crippen LogP contribution in [0.1, 0.15) is 17.0 Å². The van der Waals surface area contributed by atoms with E-state index < -0.39 is 0 Å². The SMILES string of the molecule is N#Cc1cc(Cc2ccc(F)cc2)ncn1. The van der Waals surface area contributed by atoms with Crippen molar-refractivity contribution in [2.75, 3.05) is 0 Å². The van der Waals surface area contributed by atoms with Gasteiger partial charge in [0.25, 0.3) is 0 Å². The third-order valence-corrected chi connectivity index (χ3v) is 2.14. The molecule has 0 atom stereocenters. The van der Waals surface area contributed by atoms with E-state index in [0.717, 1.165) is 11.3 Å². The van der Waals surface area contributed by atoms with E-state index in [4.69, 9.17) is 5.26 Å². The van der Waals surface area contributed by atoms with Crippen molar-refractivity contribution in [2.45, 2.75) is 6.42 Å². The molecule has 0 fully saturated rings. The van der Waals surface area contributed by atoms with Crippen LogP contribution in [0.25, 0.3) is 0 Å². The summed E-state index contributed by atoms with van der Waals surface area (Å²) < 4.78 is 12.7. The van der Waals surface area contributed by atoms with Crippen LogP contribution in [0.4, 0.5) is 4.39 Å². The molecule has 78 valence electrons. The minimum absolute atomic E-state index is 0.260. The van der Waals surface area contributed by atoms with Gasteiger partial charge in [0.05, 0.1) is 0 Å². The summed E-state index contributed by atoms with van der Waals surface area (Å²) >= 11 is 0. The fourth-order valence-corrected chi connectivity index (χ4v) is 1.37. The lowest BCUT2D eigenvalue weighted by molar-refractivity contribution is 0.627. The molecule has 4 heteroatoms. The lowest BCUT2D eigenvalue weighted by Crippen LogP contribution is -1.95. The highest BCUT2D eigenvalue weighted by molar-refractivity contribution is 5.26. The normalized spacial score (nSPS) is 9.75. The minimum Gasteiger partial charge on any atom is -0.241 e. The van der Waals surface area contributed by atoms with E-state index in [-0.39, 0.29) is 5.82 Å². The smallest absolute Gasteiger partial charge is 0.144 e. The monoisotopic (exact) mass is 213 g/mol. The van der Waals surface area contributed by atoms with E-state index in [1.807, 2.05) is 6.07 Å². The van der Waals surface area contributed by atoms with Gasteiger partial charge in [0.1, 0.15) is 23.9 Å². The topological polar surface area (TPSA) is 49.6 Å². The Morgan fingerprint density at radius 2 is 1.94 bits per heavy atom.